The van der Waals surface area contributed by atoms with Crippen LogP contribution in [0.2, 0.25) is 0 Å². The van der Waals surface area contributed by atoms with E-state index in [1.54, 1.807) is 30.3 Å². The van der Waals surface area contributed by atoms with E-state index in [9.17, 15) is 8.42 Å². The van der Waals surface area contributed by atoms with Crippen LogP contribution in [0.5, 0.6) is 0 Å². The number of hydrogen-bond acceptors (Lipinski definition) is 7. The minimum Gasteiger partial charge on any atom is -0.340 e. The zero-order valence-electron chi connectivity index (χ0n) is 18.6. The summed E-state index contributed by atoms with van der Waals surface area (Å²) < 4.78 is 28.1. The average molecular weight is 480 g/mol. The van der Waals surface area contributed by atoms with Crippen LogP contribution in [0.3, 0.4) is 0 Å². The first-order chi connectivity index (χ1) is 15.8. The molecular formula is C24H25N5O2S2. The molecule has 0 amide bonds. The number of thiophene rings is 1. The van der Waals surface area contributed by atoms with Crippen molar-refractivity contribution in [1.82, 2.24) is 9.97 Å². The van der Waals surface area contributed by atoms with Gasteiger partial charge in [-0.25, -0.2) is 13.4 Å². The number of sulfonamides is 1. The van der Waals surface area contributed by atoms with E-state index in [4.69, 9.17) is 0 Å². The van der Waals surface area contributed by atoms with Crippen molar-refractivity contribution in [3.05, 3.63) is 82.9 Å². The first-order valence-electron chi connectivity index (χ1n) is 10.5. The maximum Gasteiger partial charge on any atom is 0.271 e. The molecule has 9 heteroatoms. The van der Waals surface area contributed by atoms with Crippen LogP contribution in [0.4, 0.5) is 28.8 Å². The van der Waals surface area contributed by atoms with E-state index in [0.717, 1.165) is 28.4 Å². The van der Waals surface area contributed by atoms with Gasteiger partial charge in [0.15, 0.2) is 0 Å². The fraction of sp³-hybridized carbons (Fsp3) is 0.167. The molecule has 4 rings (SSSR count). The van der Waals surface area contributed by atoms with Gasteiger partial charge in [0.25, 0.3) is 10.0 Å². The maximum atomic E-state index is 12.6. The molecule has 0 aliphatic rings. The van der Waals surface area contributed by atoms with Crippen molar-refractivity contribution in [3.63, 3.8) is 0 Å². The molecule has 0 radical (unpaired) electrons. The van der Waals surface area contributed by atoms with Crippen LogP contribution in [0, 0.1) is 13.8 Å². The van der Waals surface area contributed by atoms with Gasteiger partial charge in [0.05, 0.1) is 0 Å². The fourth-order valence-corrected chi connectivity index (χ4v) is 5.48. The summed E-state index contributed by atoms with van der Waals surface area (Å²) in [5.41, 5.74) is 4.17. The molecule has 170 valence electrons. The molecule has 0 aliphatic carbocycles. The normalized spacial score (nSPS) is 11.2. The summed E-state index contributed by atoms with van der Waals surface area (Å²) in [6.07, 6.45) is 0.809. The molecule has 3 N–H and O–H groups in total. The molecule has 4 aromatic rings. The summed E-state index contributed by atoms with van der Waals surface area (Å²) in [7, 11) is -3.60. The van der Waals surface area contributed by atoms with Crippen LogP contribution in [0.25, 0.3) is 0 Å². The first-order valence-corrected chi connectivity index (χ1v) is 12.8. The quantitative estimate of drug-likeness (QED) is 0.287. The molecule has 0 spiro atoms. The Bertz CT molecular complexity index is 1350. The van der Waals surface area contributed by atoms with Gasteiger partial charge in [0, 0.05) is 33.7 Å². The van der Waals surface area contributed by atoms with Gasteiger partial charge in [-0.2, -0.15) is 4.98 Å². The van der Waals surface area contributed by atoms with Crippen LogP contribution in [0.1, 0.15) is 23.1 Å². The molecule has 0 atom stereocenters. The Kier molecular flexibility index (Phi) is 6.62. The smallest absolute Gasteiger partial charge is 0.271 e. The zero-order valence-corrected chi connectivity index (χ0v) is 20.2. The topological polar surface area (TPSA) is 96.0 Å². The molecule has 7 nitrogen and oxygen atoms in total. The number of hydrogen-bond donors (Lipinski definition) is 3. The summed E-state index contributed by atoms with van der Waals surface area (Å²) in [5.74, 6) is 1.13. The lowest BCUT2D eigenvalue weighted by Crippen LogP contribution is -2.11. The molecule has 0 aliphatic heterocycles. The van der Waals surface area contributed by atoms with Crippen LogP contribution in [-0.2, 0) is 16.4 Å². The van der Waals surface area contributed by atoms with Gasteiger partial charge in [-0.05, 0) is 68.8 Å². The molecule has 0 fully saturated rings. The molecule has 33 heavy (non-hydrogen) atoms. The summed E-state index contributed by atoms with van der Waals surface area (Å²) in [6, 6.07) is 20.4. The lowest BCUT2D eigenvalue weighted by atomic mass is 10.2. The Hall–Kier alpha value is -3.43. The lowest BCUT2D eigenvalue weighted by molar-refractivity contribution is 0.603. The number of anilines is 5. The monoisotopic (exact) mass is 479 g/mol. The second-order valence-corrected chi connectivity index (χ2v) is 10.7. The predicted octanol–water partition coefficient (Wildman–Crippen LogP) is 6.01. The van der Waals surface area contributed by atoms with Crippen molar-refractivity contribution >= 4 is 50.2 Å². The Balaban J connectivity index is 1.45. The third-order valence-electron chi connectivity index (χ3n) is 4.82. The second-order valence-electron chi connectivity index (χ2n) is 7.59. The van der Waals surface area contributed by atoms with Crippen molar-refractivity contribution < 1.29 is 8.42 Å². The number of rotatable bonds is 8. The van der Waals surface area contributed by atoms with E-state index in [0.29, 0.717) is 21.7 Å². The molecule has 2 aromatic carbocycles. The van der Waals surface area contributed by atoms with Crippen molar-refractivity contribution in [2.45, 2.75) is 31.4 Å². The Morgan fingerprint density at radius 2 is 1.45 bits per heavy atom. The highest BCUT2D eigenvalue weighted by Crippen LogP contribution is 2.26. The Morgan fingerprint density at radius 3 is 2.12 bits per heavy atom. The minimum absolute atomic E-state index is 0.309. The van der Waals surface area contributed by atoms with Gasteiger partial charge in [0.1, 0.15) is 10.0 Å². The van der Waals surface area contributed by atoms with Gasteiger partial charge in [-0.1, -0.05) is 24.6 Å². The van der Waals surface area contributed by atoms with Gasteiger partial charge >= 0.3 is 0 Å². The van der Waals surface area contributed by atoms with Crippen LogP contribution in [0.15, 0.2) is 70.9 Å². The van der Waals surface area contributed by atoms with Crippen LogP contribution >= 0.6 is 11.3 Å². The number of benzene rings is 2. The number of nitrogens with zero attached hydrogens (tertiary/aromatic N) is 2. The third kappa shape index (κ3) is 5.88. The maximum absolute atomic E-state index is 12.6. The van der Waals surface area contributed by atoms with E-state index >= 15 is 0 Å². The van der Waals surface area contributed by atoms with E-state index in [1.807, 2.05) is 57.2 Å². The minimum atomic E-state index is -3.60. The highest BCUT2D eigenvalue weighted by Gasteiger charge is 2.16. The third-order valence-corrected chi connectivity index (χ3v) is 7.92. The molecule has 0 saturated heterocycles. The van der Waals surface area contributed by atoms with Crippen molar-refractivity contribution in [2.75, 3.05) is 15.4 Å². The molecule has 2 aromatic heterocycles. The Labute approximate surface area is 198 Å². The predicted molar refractivity (Wildman–Crippen MR) is 135 cm³/mol. The summed E-state index contributed by atoms with van der Waals surface area (Å²) in [5, 5.41) is 6.46. The van der Waals surface area contributed by atoms with Gasteiger partial charge in [0.2, 0.25) is 5.95 Å². The Morgan fingerprint density at radius 1 is 0.818 bits per heavy atom. The van der Waals surface area contributed by atoms with E-state index in [-0.39, 0.29) is 0 Å². The van der Waals surface area contributed by atoms with E-state index in [1.165, 1.54) is 16.9 Å². The second kappa shape index (κ2) is 9.60. The summed E-state index contributed by atoms with van der Waals surface area (Å²) >= 11 is 1.28. The van der Waals surface area contributed by atoms with Crippen LogP contribution in [-0.4, -0.2) is 18.4 Å². The van der Waals surface area contributed by atoms with Gasteiger partial charge in [-0.3, -0.25) is 4.72 Å². The van der Waals surface area contributed by atoms with Gasteiger partial charge < -0.3 is 10.6 Å². The number of aromatic nitrogens is 2. The molecular weight excluding hydrogens is 454 g/mol. The fourth-order valence-electron chi connectivity index (χ4n) is 3.12. The van der Waals surface area contributed by atoms with E-state index in [2.05, 4.69) is 25.3 Å². The lowest BCUT2D eigenvalue weighted by Gasteiger charge is -2.11. The van der Waals surface area contributed by atoms with Gasteiger partial charge in [-0.15, -0.1) is 11.3 Å². The van der Waals surface area contributed by atoms with Crippen molar-refractivity contribution in [1.29, 1.82) is 0 Å². The zero-order chi connectivity index (χ0) is 23.4. The molecule has 0 saturated carbocycles. The number of nitrogens with one attached hydrogen (secondary N) is 3. The van der Waals surface area contributed by atoms with Crippen LogP contribution < -0.4 is 15.4 Å². The molecule has 0 bridgehead atoms. The molecule has 0 unspecified atom stereocenters. The standard InChI is InChI=1S/C24H25N5O2S2/c1-4-21-13-14-23(32-21)33(30,31)29-20-11-9-19(10-12-20)27-24-25-17(3)15-22(28-24)26-18-7-5-16(2)6-8-18/h5-15,29H,4H2,1-3H3,(H2,25,26,27,28). The van der Waals surface area contributed by atoms with E-state index < -0.39 is 10.0 Å². The molecule has 2 heterocycles. The average Bonchev–Trinajstić information content (AvgIpc) is 3.27. The number of aryl methyl sites for hydroxylation is 3. The largest absolute Gasteiger partial charge is 0.340 e. The van der Waals surface area contributed by atoms with Crippen molar-refractivity contribution in [2.24, 2.45) is 0 Å². The highest BCUT2D eigenvalue weighted by molar-refractivity contribution is 7.94. The first kappa shape index (κ1) is 22.8. The summed E-state index contributed by atoms with van der Waals surface area (Å²) in [4.78, 5) is 10.0. The SMILES string of the molecule is CCc1ccc(S(=O)(=O)Nc2ccc(Nc3nc(C)cc(Nc4ccc(C)cc4)n3)cc2)s1. The highest BCUT2D eigenvalue weighted by atomic mass is 32.2. The van der Waals surface area contributed by atoms with Crippen molar-refractivity contribution in [3.8, 4) is 0 Å². The summed E-state index contributed by atoms with van der Waals surface area (Å²) in [6.45, 7) is 5.95.